The van der Waals surface area contributed by atoms with Crippen molar-refractivity contribution in [3.63, 3.8) is 0 Å². The molecule has 0 fully saturated rings. The fourth-order valence-electron chi connectivity index (χ4n) is 3.60. The van der Waals surface area contributed by atoms with E-state index in [1.54, 1.807) is 66.7 Å². The number of nitrogens with one attached hydrogen (secondary N) is 3. The maximum absolute atomic E-state index is 13.4. The summed E-state index contributed by atoms with van der Waals surface area (Å²) in [5.41, 5.74) is 1.19. The Balaban J connectivity index is 1.53. The number of hydrogen-bond donors (Lipinski definition) is 3. The molecule has 0 aliphatic rings. The Kier molecular flexibility index (Phi) is 10.5. The highest BCUT2D eigenvalue weighted by Gasteiger charge is 2.21. The van der Waals surface area contributed by atoms with E-state index >= 15 is 0 Å². The molecular weight excluding hydrogens is 601 g/mol. The van der Waals surface area contributed by atoms with Crippen LogP contribution in [0.5, 0.6) is 0 Å². The SMILES string of the molecule is CCC(Sc1cccc(NC(=O)/C(=C\c2c(Cl)cccc2Cl)NC(=O)c2ccccc2)c1)C(=O)Nc1nnc(C)s1. The van der Waals surface area contributed by atoms with Crippen LogP contribution in [-0.4, -0.2) is 33.2 Å². The summed E-state index contributed by atoms with van der Waals surface area (Å²) in [7, 11) is 0. The lowest BCUT2D eigenvalue weighted by Crippen LogP contribution is -2.30. The molecule has 210 valence electrons. The predicted octanol–water partition coefficient (Wildman–Crippen LogP) is 7.07. The second-order valence-electron chi connectivity index (χ2n) is 8.63. The number of benzene rings is 3. The third-order valence-corrected chi connectivity index (χ3v) is 8.38. The number of hydrogen-bond acceptors (Lipinski definition) is 7. The van der Waals surface area contributed by atoms with Crippen LogP contribution in [0.3, 0.4) is 0 Å². The van der Waals surface area contributed by atoms with Gasteiger partial charge in [0, 0.05) is 31.8 Å². The number of rotatable bonds is 10. The van der Waals surface area contributed by atoms with Gasteiger partial charge in [-0.05, 0) is 61.9 Å². The summed E-state index contributed by atoms with van der Waals surface area (Å²) in [6, 6.07) is 20.6. The first-order valence-electron chi connectivity index (χ1n) is 12.4. The van der Waals surface area contributed by atoms with Crippen molar-refractivity contribution < 1.29 is 14.4 Å². The predicted molar refractivity (Wildman–Crippen MR) is 167 cm³/mol. The number of aromatic nitrogens is 2. The molecular formula is C29H25Cl2N5O3S2. The molecule has 0 saturated carbocycles. The third-order valence-electron chi connectivity index (χ3n) is 5.61. The summed E-state index contributed by atoms with van der Waals surface area (Å²) in [5.74, 6) is -1.24. The van der Waals surface area contributed by atoms with E-state index in [1.165, 1.54) is 29.2 Å². The first-order valence-corrected chi connectivity index (χ1v) is 14.9. The fourth-order valence-corrected chi connectivity index (χ4v) is 5.72. The second kappa shape index (κ2) is 14.3. The van der Waals surface area contributed by atoms with Crippen LogP contribution >= 0.6 is 46.3 Å². The zero-order valence-electron chi connectivity index (χ0n) is 22.0. The van der Waals surface area contributed by atoms with Crippen molar-refractivity contribution in [1.29, 1.82) is 0 Å². The first kappa shape index (κ1) is 30.3. The van der Waals surface area contributed by atoms with E-state index in [2.05, 4.69) is 26.1 Å². The van der Waals surface area contributed by atoms with E-state index in [1.807, 2.05) is 19.9 Å². The van der Waals surface area contributed by atoms with E-state index in [-0.39, 0.29) is 11.6 Å². The van der Waals surface area contributed by atoms with Crippen LogP contribution in [0.25, 0.3) is 6.08 Å². The molecule has 0 bridgehead atoms. The van der Waals surface area contributed by atoms with Gasteiger partial charge in [0.2, 0.25) is 11.0 Å². The van der Waals surface area contributed by atoms with Crippen LogP contribution in [0.2, 0.25) is 10.0 Å². The van der Waals surface area contributed by atoms with E-state index < -0.39 is 17.1 Å². The number of halogens is 2. The molecule has 8 nitrogen and oxygen atoms in total. The molecule has 4 rings (SSSR count). The van der Waals surface area contributed by atoms with Gasteiger partial charge in [0.15, 0.2) is 0 Å². The first-order chi connectivity index (χ1) is 19.7. The molecule has 0 spiro atoms. The van der Waals surface area contributed by atoms with Gasteiger partial charge in [-0.25, -0.2) is 0 Å². The molecule has 3 N–H and O–H groups in total. The minimum absolute atomic E-state index is 0.0509. The molecule has 1 heterocycles. The van der Waals surface area contributed by atoms with E-state index in [4.69, 9.17) is 23.2 Å². The Morgan fingerprint density at radius 1 is 0.951 bits per heavy atom. The summed E-state index contributed by atoms with van der Waals surface area (Å²) in [6.07, 6.45) is 2.01. The lowest BCUT2D eigenvalue weighted by atomic mass is 10.1. The van der Waals surface area contributed by atoms with Crippen molar-refractivity contribution in [2.24, 2.45) is 0 Å². The van der Waals surface area contributed by atoms with Crippen LogP contribution in [0.15, 0.2) is 83.4 Å². The smallest absolute Gasteiger partial charge is 0.272 e. The highest BCUT2D eigenvalue weighted by atomic mass is 35.5. The maximum Gasteiger partial charge on any atom is 0.272 e. The van der Waals surface area contributed by atoms with Gasteiger partial charge in [-0.2, -0.15) is 0 Å². The normalized spacial score (nSPS) is 12.0. The van der Waals surface area contributed by atoms with Gasteiger partial charge in [0.1, 0.15) is 10.7 Å². The molecule has 0 radical (unpaired) electrons. The summed E-state index contributed by atoms with van der Waals surface area (Å²) in [5, 5.41) is 17.6. The molecule has 12 heteroatoms. The lowest BCUT2D eigenvalue weighted by molar-refractivity contribution is -0.116. The molecule has 3 aromatic carbocycles. The number of amides is 3. The average molecular weight is 627 g/mol. The molecule has 0 aliphatic carbocycles. The zero-order valence-corrected chi connectivity index (χ0v) is 25.1. The lowest BCUT2D eigenvalue weighted by Gasteiger charge is -2.15. The Morgan fingerprint density at radius 3 is 2.32 bits per heavy atom. The van der Waals surface area contributed by atoms with Crippen molar-refractivity contribution >= 4 is 80.9 Å². The number of nitrogens with zero attached hydrogens (tertiary/aromatic N) is 2. The molecule has 1 atom stereocenters. The highest BCUT2D eigenvalue weighted by Crippen LogP contribution is 2.30. The van der Waals surface area contributed by atoms with Crippen molar-refractivity contribution in [1.82, 2.24) is 15.5 Å². The van der Waals surface area contributed by atoms with Gasteiger partial charge in [-0.15, -0.1) is 22.0 Å². The third kappa shape index (κ3) is 8.40. The van der Waals surface area contributed by atoms with Crippen molar-refractivity contribution in [3.8, 4) is 0 Å². The number of carbonyl (C=O) groups excluding carboxylic acids is 3. The van der Waals surface area contributed by atoms with Gasteiger partial charge in [0.25, 0.3) is 11.8 Å². The number of thioether (sulfide) groups is 1. The molecule has 1 aromatic heterocycles. The minimum Gasteiger partial charge on any atom is -0.321 e. The van der Waals surface area contributed by atoms with Gasteiger partial charge in [-0.3, -0.25) is 19.7 Å². The average Bonchev–Trinajstić information content (AvgIpc) is 3.37. The topological polar surface area (TPSA) is 113 Å². The summed E-state index contributed by atoms with van der Waals surface area (Å²) < 4.78 is 0. The quantitative estimate of drug-likeness (QED) is 0.128. The molecule has 1 unspecified atom stereocenters. The van der Waals surface area contributed by atoms with E-state index in [9.17, 15) is 14.4 Å². The van der Waals surface area contributed by atoms with Crippen LogP contribution in [0, 0.1) is 6.92 Å². The van der Waals surface area contributed by atoms with Crippen molar-refractivity contribution in [3.05, 3.63) is 105 Å². The van der Waals surface area contributed by atoms with Gasteiger partial charge in [-0.1, -0.05) is 71.8 Å². The molecule has 0 saturated heterocycles. The largest absolute Gasteiger partial charge is 0.321 e. The molecule has 4 aromatic rings. The van der Waals surface area contributed by atoms with E-state index in [0.29, 0.717) is 38.4 Å². The number of anilines is 2. The van der Waals surface area contributed by atoms with Crippen molar-refractivity contribution in [2.75, 3.05) is 10.6 Å². The molecule has 41 heavy (non-hydrogen) atoms. The monoisotopic (exact) mass is 625 g/mol. The molecule has 0 aliphatic heterocycles. The highest BCUT2D eigenvalue weighted by molar-refractivity contribution is 8.00. The Morgan fingerprint density at radius 2 is 1.66 bits per heavy atom. The van der Waals surface area contributed by atoms with Gasteiger partial charge >= 0.3 is 0 Å². The van der Waals surface area contributed by atoms with Gasteiger partial charge in [0.05, 0.1) is 5.25 Å². The van der Waals surface area contributed by atoms with Crippen molar-refractivity contribution in [2.45, 2.75) is 30.4 Å². The summed E-state index contributed by atoms with van der Waals surface area (Å²) in [6.45, 7) is 3.73. The Labute approximate surface area is 255 Å². The van der Waals surface area contributed by atoms with Crippen LogP contribution < -0.4 is 16.0 Å². The Bertz CT molecular complexity index is 1570. The van der Waals surface area contributed by atoms with Crippen LogP contribution in [0.4, 0.5) is 10.8 Å². The maximum atomic E-state index is 13.4. The summed E-state index contributed by atoms with van der Waals surface area (Å²) >= 11 is 15.3. The minimum atomic E-state index is -0.580. The standard InChI is InChI=1S/C29H25Cl2N5O3S2/c1-3-25(28(39)34-29-36-35-17(2)40-29)41-20-12-7-11-19(15-20)32-27(38)24(16-21-22(30)13-8-14-23(21)31)33-26(37)18-9-5-4-6-10-18/h4-16,25H,3H2,1-2H3,(H,32,38)(H,33,37)(H,34,36,39)/b24-16+. The number of aryl methyl sites for hydroxylation is 1. The second-order valence-corrected chi connectivity index (χ2v) is 11.9. The Hall–Kier alpha value is -3.70. The van der Waals surface area contributed by atoms with Gasteiger partial charge < -0.3 is 10.6 Å². The summed E-state index contributed by atoms with van der Waals surface area (Å²) in [4.78, 5) is 40.0. The van der Waals surface area contributed by atoms with E-state index in [0.717, 1.165) is 9.90 Å². The molecule has 3 amide bonds. The number of carbonyl (C=O) groups is 3. The fraction of sp³-hybridized carbons (Fsp3) is 0.138. The zero-order chi connectivity index (χ0) is 29.4. The van der Waals surface area contributed by atoms with Crippen LogP contribution in [0.1, 0.15) is 34.3 Å². The van der Waals surface area contributed by atoms with Crippen LogP contribution in [-0.2, 0) is 9.59 Å².